The number of aryl methyl sites for hydroxylation is 1. The summed E-state index contributed by atoms with van der Waals surface area (Å²) in [6, 6.07) is 0. The Hall–Kier alpha value is -0.910. The Kier molecular flexibility index (Phi) is 4.52. The first-order valence-electron chi connectivity index (χ1n) is 6.64. The van der Waals surface area contributed by atoms with Gasteiger partial charge < -0.3 is 5.32 Å². The Morgan fingerprint density at radius 2 is 2.05 bits per heavy atom. The lowest BCUT2D eigenvalue weighted by atomic mass is 10.1. The third-order valence-corrected chi connectivity index (χ3v) is 4.42. The minimum atomic E-state index is 0.106. The van der Waals surface area contributed by atoms with Gasteiger partial charge in [-0.1, -0.05) is 11.6 Å². The maximum atomic E-state index is 6.16. The number of nitrogens with zero attached hydrogens (tertiary/aromatic N) is 3. The summed E-state index contributed by atoms with van der Waals surface area (Å²) in [4.78, 5) is 4.64. The van der Waals surface area contributed by atoms with E-state index in [4.69, 9.17) is 11.6 Å². The fourth-order valence-corrected chi connectivity index (χ4v) is 2.69. The number of nitrogens with one attached hydrogen (secondary N) is 1. The molecule has 20 heavy (non-hydrogen) atoms. The topological polar surface area (TPSA) is 42.7 Å². The molecule has 0 atom stereocenters. The molecule has 0 spiro atoms. The van der Waals surface area contributed by atoms with Crippen LogP contribution >= 0.6 is 22.9 Å². The lowest BCUT2D eigenvalue weighted by molar-refractivity contribution is 0.423. The number of halogens is 1. The Labute approximate surface area is 129 Å². The first-order chi connectivity index (χ1) is 9.26. The molecule has 0 unspecified atom stereocenters. The van der Waals surface area contributed by atoms with Crippen LogP contribution in [0.4, 0.5) is 0 Å². The molecule has 1 N–H and O–H groups in total. The second-order valence-corrected chi connectivity index (χ2v) is 7.30. The zero-order valence-electron chi connectivity index (χ0n) is 12.6. The van der Waals surface area contributed by atoms with Crippen LogP contribution in [0, 0.1) is 13.8 Å². The summed E-state index contributed by atoms with van der Waals surface area (Å²) in [5.41, 5.74) is 3.00. The highest BCUT2D eigenvalue weighted by Crippen LogP contribution is 2.20. The molecule has 2 aromatic heterocycles. The third-order valence-electron chi connectivity index (χ3n) is 2.97. The smallest absolute Gasteiger partial charge is 0.107 e. The predicted octanol–water partition coefficient (Wildman–Crippen LogP) is 3.55. The first-order valence-corrected chi connectivity index (χ1v) is 7.90. The summed E-state index contributed by atoms with van der Waals surface area (Å²) >= 11 is 7.84. The summed E-state index contributed by atoms with van der Waals surface area (Å²) in [5, 5.41) is 11.8. The molecular weight excluding hydrogens is 292 g/mol. The molecule has 0 aliphatic rings. The van der Waals surface area contributed by atoms with Gasteiger partial charge in [-0.3, -0.25) is 4.68 Å². The van der Waals surface area contributed by atoms with E-state index in [0.717, 1.165) is 33.7 Å². The second kappa shape index (κ2) is 5.84. The van der Waals surface area contributed by atoms with Crippen molar-refractivity contribution in [3.8, 4) is 0 Å². The molecule has 0 saturated heterocycles. The largest absolute Gasteiger partial charge is 0.306 e. The van der Waals surface area contributed by atoms with E-state index in [0.29, 0.717) is 6.54 Å². The van der Waals surface area contributed by atoms with Crippen molar-refractivity contribution < 1.29 is 0 Å². The molecule has 0 saturated carbocycles. The van der Waals surface area contributed by atoms with E-state index in [1.165, 1.54) is 0 Å². The first kappa shape index (κ1) is 15.5. The highest BCUT2D eigenvalue weighted by Gasteiger charge is 2.12. The quantitative estimate of drug-likeness (QED) is 0.939. The molecule has 0 aliphatic heterocycles. The number of hydrogen-bond donors (Lipinski definition) is 1. The van der Waals surface area contributed by atoms with Crippen LogP contribution in [0.3, 0.4) is 0 Å². The Balaban J connectivity index is 2.04. The van der Waals surface area contributed by atoms with E-state index < -0.39 is 0 Å². The van der Waals surface area contributed by atoms with E-state index in [1.807, 2.05) is 18.5 Å². The monoisotopic (exact) mass is 312 g/mol. The van der Waals surface area contributed by atoms with Gasteiger partial charge in [-0.2, -0.15) is 5.10 Å². The molecule has 0 radical (unpaired) electrons. The van der Waals surface area contributed by atoms with E-state index in [9.17, 15) is 0 Å². The van der Waals surface area contributed by atoms with E-state index in [1.54, 1.807) is 11.3 Å². The fourth-order valence-electron chi connectivity index (χ4n) is 1.83. The average Bonchev–Trinajstić information content (AvgIpc) is 2.88. The van der Waals surface area contributed by atoms with Crippen LogP contribution in [0.25, 0.3) is 0 Å². The van der Waals surface area contributed by atoms with Gasteiger partial charge in [0.15, 0.2) is 0 Å². The van der Waals surface area contributed by atoms with Crippen molar-refractivity contribution in [2.75, 3.05) is 0 Å². The summed E-state index contributed by atoms with van der Waals surface area (Å²) < 4.78 is 1.91. The van der Waals surface area contributed by atoms with Gasteiger partial charge in [-0.25, -0.2) is 4.98 Å². The molecule has 2 heterocycles. The molecule has 2 aromatic rings. The number of rotatable bonds is 4. The van der Waals surface area contributed by atoms with Crippen molar-refractivity contribution in [2.24, 2.45) is 0 Å². The maximum absolute atomic E-state index is 6.16. The molecule has 0 fully saturated rings. The summed E-state index contributed by atoms with van der Waals surface area (Å²) in [6.45, 7) is 11.8. The highest BCUT2D eigenvalue weighted by molar-refractivity contribution is 7.09. The molecule has 0 amide bonds. The molecule has 0 aromatic carbocycles. The van der Waals surface area contributed by atoms with Crippen molar-refractivity contribution in [3.63, 3.8) is 0 Å². The van der Waals surface area contributed by atoms with Gasteiger partial charge in [0.05, 0.1) is 28.6 Å². The van der Waals surface area contributed by atoms with Gasteiger partial charge in [0.1, 0.15) is 5.01 Å². The van der Waals surface area contributed by atoms with Crippen molar-refractivity contribution in [1.29, 1.82) is 0 Å². The van der Waals surface area contributed by atoms with Gasteiger partial charge in [0, 0.05) is 17.5 Å². The van der Waals surface area contributed by atoms with Crippen molar-refractivity contribution in [1.82, 2.24) is 20.1 Å². The second-order valence-electron chi connectivity index (χ2n) is 5.98. The SMILES string of the molecule is Cc1nn(Cc2csc(CNC(C)(C)C)n2)c(C)c1Cl. The summed E-state index contributed by atoms with van der Waals surface area (Å²) in [6.07, 6.45) is 0. The van der Waals surface area contributed by atoms with E-state index in [-0.39, 0.29) is 5.54 Å². The van der Waals surface area contributed by atoms with Crippen LogP contribution in [-0.2, 0) is 13.1 Å². The van der Waals surface area contributed by atoms with Crippen LogP contribution in [0.5, 0.6) is 0 Å². The average molecular weight is 313 g/mol. The maximum Gasteiger partial charge on any atom is 0.107 e. The molecule has 0 aliphatic carbocycles. The fraction of sp³-hybridized carbons (Fsp3) is 0.571. The molecule has 0 bridgehead atoms. The number of thiazole rings is 1. The molecule has 4 nitrogen and oxygen atoms in total. The predicted molar refractivity (Wildman–Crippen MR) is 84.5 cm³/mol. The summed E-state index contributed by atoms with van der Waals surface area (Å²) in [5.74, 6) is 0. The highest BCUT2D eigenvalue weighted by atomic mass is 35.5. The summed E-state index contributed by atoms with van der Waals surface area (Å²) in [7, 11) is 0. The van der Waals surface area contributed by atoms with Gasteiger partial charge >= 0.3 is 0 Å². The normalized spacial score (nSPS) is 12.1. The Morgan fingerprint density at radius 3 is 2.60 bits per heavy atom. The Bertz CT molecular complexity index is 595. The lowest BCUT2D eigenvalue weighted by Crippen LogP contribution is -2.35. The zero-order chi connectivity index (χ0) is 14.9. The van der Waals surface area contributed by atoms with Gasteiger partial charge in [-0.15, -0.1) is 11.3 Å². The van der Waals surface area contributed by atoms with E-state index in [2.05, 4.69) is 41.6 Å². The van der Waals surface area contributed by atoms with Crippen LogP contribution in [0.15, 0.2) is 5.38 Å². The van der Waals surface area contributed by atoms with Crippen LogP contribution in [0.2, 0.25) is 5.02 Å². The van der Waals surface area contributed by atoms with Crippen LogP contribution in [0.1, 0.15) is 42.9 Å². The van der Waals surface area contributed by atoms with Crippen LogP contribution in [-0.4, -0.2) is 20.3 Å². The van der Waals surface area contributed by atoms with Crippen molar-refractivity contribution in [2.45, 2.75) is 53.2 Å². The van der Waals surface area contributed by atoms with Crippen molar-refractivity contribution in [3.05, 3.63) is 32.5 Å². The third kappa shape index (κ3) is 3.81. The lowest BCUT2D eigenvalue weighted by Gasteiger charge is -2.19. The zero-order valence-corrected chi connectivity index (χ0v) is 14.2. The molecular formula is C14H21ClN4S. The Morgan fingerprint density at radius 1 is 1.35 bits per heavy atom. The van der Waals surface area contributed by atoms with E-state index >= 15 is 0 Å². The van der Waals surface area contributed by atoms with Crippen LogP contribution < -0.4 is 5.32 Å². The number of aromatic nitrogens is 3. The molecule has 2 rings (SSSR count). The van der Waals surface area contributed by atoms with Gasteiger partial charge in [0.25, 0.3) is 0 Å². The van der Waals surface area contributed by atoms with Crippen molar-refractivity contribution >= 4 is 22.9 Å². The minimum absolute atomic E-state index is 0.106. The molecule has 6 heteroatoms. The standard InChI is InChI=1S/C14H21ClN4S/c1-9-13(15)10(2)19(18-9)7-11-8-20-12(17-11)6-16-14(3,4)5/h8,16H,6-7H2,1-5H3. The van der Waals surface area contributed by atoms with Gasteiger partial charge in [0.2, 0.25) is 0 Å². The number of hydrogen-bond acceptors (Lipinski definition) is 4. The minimum Gasteiger partial charge on any atom is -0.306 e. The van der Waals surface area contributed by atoms with Gasteiger partial charge in [-0.05, 0) is 34.6 Å². The molecule has 110 valence electrons.